The van der Waals surface area contributed by atoms with Crippen molar-refractivity contribution in [2.45, 2.75) is 19.4 Å². The molecule has 2 aliphatic carbocycles. The molecule has 0 aromatic heterocycles. The molecule has 20 heavy (non-hydrogen) atoms. The number of cyclic esters (lactones) is 1. The molecule has 2 fully saturated rings. The molecule has 106 valence electrons. The zero-order chi connectivity index (χ0) is 14.3. The summed E-state index contributed by atoms with van der Waals surface area (Å²) < 4.78 is 10.8. The molecule has 0 bridgehead atoms. The van der Waals surface area contributed by atoms with Crippen LogP contribution in [0.25, 0.3) is 0 Å². The highest BCUT2D eigenvalue weighted by molar-refractivity contribution is 5.92. The van der Waals surface area contributed by atoms with Gasteiger partial charge in [0.1, 0.15) is 0 Å². The van der Waals surface area contributed by atoms with Crippen molar-refractivity contribution in [2.75, 3.05) is 13.2 Å². The highest BCUT2D eigenvalue weighted by Crippen LogP contribution is 2.68. The van der Waals surface area contributed by atoms with Gasteiger partial charge < -0.3 is 14.6 Å². The number of epoxide rings is 1. The fourth-order valence-corrected chi connectivity index (χ4v) is 4.49. The predicted octanol–water partition coefficient (Wildman–Crippen LogP) is 1.15. The number of rotatable bonds is 1. The number of carboxylic acid groups (broad SMARTS) is 1. The van der Waals surface area contributed by atoms with E-state index in [9.17, 15) is 14.7 Å². The summed E-state index contributed by atoms with van der Waals surface area (Å²) in [5.74, 6) is -1.33. The lowest BCUT2D eigenvalue weighted by atomic mass is 9.61. The molecule has 5 atom stereocenters. The number of ether oxygens (including phenoxy) is 2. The van der Waals surface area contributed by atoms with Crippen molar-refractivity contribution < 1.29 is 24.2 Å². The average molecular weight is 276 g/mol. The van der Waals surface area contributed by atoms with E-state index >= 15 is 0 Å². The van der Waals surface area contributed by atoms with E-state index in [0.717, 1.165) is 0 Å². The van der Waals surface area contributed by atoms with E-state index in [1.54, 1.807) is 0 Å². The largest absolute Gasteiger partial charge is 0.478 e. The minimum atomic E-state index is -0.958. The summed E-state index contributed by atoms with van der Waals surface area (Å²) in [6, 6.07) is 0. The van der Waals surface area contributed by atoms with Crippen LogP contribution in [0.5, 0.6) is 0 Å². The van der Waals surface area contributed by atoms with E-state index < -0.39 is 17.0 Å². The van der Waals surface area contributed by atoms with Crippen molar-refractivity contribution in [3.63, 3.8) is 0 Å². The lowest BCUT2D eigenvalue weighted by Crippen LogP contribution is -2.56. The van der Waals surface area contributed by atoms with Crippen LogP contribution in [0.2, 0.25) is 0 Å². The van der Waals surface area contributed by atoms with Crippen LogP contribution in [0.4, 0.5) is 0 Å². The summed E-state index contributed by atoms with van der Waals surface area (Å²) >= 11 is 0. The Bertz CT molecular complexity index is 597. The highest BCUT2D eigenvalue weighted by atomic mass is 16.6. The third-order valence-corrected chi connectivity index (χ3v) is 5.68. The summed E-state index contributed by atoms with van der Waals surface area (Å²) in [5, 5.41) is 9.44. The number of esters is 1. The van der Waals surface area contributed by atoms with Crippen LogP contribution in [0.1, 0.15) is 13.8 Å². The van der Waals surface area contributed by atoms with Crippen molar-refractivity contribution in [2.24, 2.45) is 23.2 Å². The Kier molecular flexibility index (Phi) is 2.03. The van der Waals surface area contributed by atoms with E-state index in [-0.39, 0.29) is 30.3 Å². The van der Waals surface area contributed by atoms with Gasteiger partial charge in [0.15, 0.2) is 5.60 Å². The van der Waals surface area contributed by atoms with Crippen LogP contribution in [0, 0.1) is 23.2 Å². The van der Waals surface area contributed by atoms with Gasteiger partial charge in [-0.15, -0.1) is 0 Å². The molecule has 5 heteroatoms. The van der Waals surface area contributed by atoms with Gasteiger partial charge >= 0.3 is 11.9 Å². The van der Waals surface area contributed by atoms with Gasteiger partial charge in [-0.25, -0.2) is 9.59 Å². The van der Waals surface area contributed by atoms with Crippen LogP contribution in [-0.2, 0) is 19.1 Å². The molecule has 4 rings (SSSR count). The first-order valence-corrected chi connectivity index (χ1v) is 6.89. The number of carbonyl (C=O) groups excluding carboxylic acids is 1. The molecule has 0 amide bonds. The zero-order valence-corrected chi connectivity index (χ0v) is 11.4. The van der Waals surface area contributed by atoms with Gasteiger partial charge in [-0.3, -0.25) is 0 Å². The van der Waals surface area contributed by atoms with Gasteiger partial charge in [0.2, 0.25) is 0 Å². The minimum Gasteiger partial charge on any atom is -0.478 e. The molecule has 2 heterocycles. The number of carboxylic acids is 1. The molecule has 4 aliphatic rings. The summed E-state index contributed by atoms with van der Waals surface area (Å²) in [5.41, 5.74) is 0.0538. The first-order valence-electron chi connectivity index (χ1n) is 6.89. The topological polar surface area (TPSA) is 76.1 Å². The van der Waals surface area contributed by atoms with Crippen molar-refractivity contribution in [3.05, 3.63) is 23.3 Å². The lowest BCUT2D eigenvalue weighted by Gasteiger charge is -2.43. The van der Waals surface area contributed by atoms with Gasteiger partial charge in [0.25, 0.3) is 0 Å². The Hall–Kier alpha value is -1.62. The SMILES string of the molecule is CC1=C[C@@]23C(COC(=O)C24CO4)C(C(=O)O)=CC3[C@@H]1C. The molecular formula is C15H16O5. The number of hydrogen-bond donors (Lipinski definition) is 1. The molecular weight excluding hydrogens is 260 g/mol. The summed E-state index contributed by atoms with van der Waals surface area (Å²) in [6.45, 7) is 4.59. The maximum absolute atomic E-state index is 12.2. The zero-order valence-electron chi connectivity index (χ0n) is 11.4. The highest BCUT2D eigenvalue weighted by Gasteiger charge is 2.78. The van der Waals surface area contributed by atoms with Crippen LogP contribution < -0.4 is 0 Å². The number of hydrogen-bond acceptors (Lipinski definition) is 4. The van der Waals surface area contributed by atoms with E-state index in [0.29, 0.717) is 12.2 Å². The van der Waals surface area contributed by atoms with E-state index in [4.69, 9.17) is 9.47 Å². The minimum absolute atomic E-state index is 0.00829. The Labute approximate surface area is 116 Å². The smallest absolute Gasteiger partial charge is 0.341 e. The van der Waals surface area contributed by atoms with Crippen molar-refractivity contribution >= 4 is 11.9 Å². The maximum atomic E-state index is 12.2. The van der Waals surface area contributed by atoms with Crippen molar-refractivity contribution in [3.8, 4) is 0 Å². The first-order chi connectivity index (χ1) is 9.44. The second-order valence-electron chi connectivity index (χ2n) is 6.33. The first kappa shape index (κ1) is 12.1. The van der Waals surface area contributed by atoms with Crippen molar-refractivity contribution in [1.29, 1.82) is 0 Å². The third kappa shape index (κ3) is 1.06. The van der Waals surface area contributed by atoms with Crippen LogP contribution in [0.15, 0.2) is 23.3 Å². The molecule has 0 radical (unpaired) electrons. The molecule has 3 unspecified atom stereocenters. The Balaban J connectivity index is 1.92. The van der Waals surface area contributed by atoms with Crippen LogP contribution in [0.3, 0.4) is 0 Å². The number of allylic oxidation sites excluding steroid dienone is 2. The van der Waals surface area contributed by atoms with Gasteiger partial charge in [0.05, 0.1) is 13.2 Å². The van der Waals surface area contributed by atoms with Gasteiger partial charge in [-0.2, -0.15) is 0 Å². The standard InChI is InChI=1S/C15H16O5/c1-7-4-14-10(8(7)2)3-9(12(16)17)11(14)5-19-13(18)15(14)6-20-15/h3-4,8,10-11H,5-6H2,1-2H3,(H,16,17)/t8-,10?,11?,14-,15?/m1/s1. The fourth-order valence-electron chi connectivity index (χ4n) is 4.49. The molecule has 0 saturated carbocycles. The summed E-state index contributed by atoms with van der Waals surface area (Å²) in [7, 11) is 0. The molecule has 1 N–H and O–H groups in total. The normalized spacial score (nSPS) is 48.3. The fraction of sp³-hybridized carbons (Fsp3) is 0.600. The van der Waals surface area contributed by atoms with Crippen molar-refractivity contribution in [1.82, 2.24) is 0 Å². The quantitative estimate of drug-likeness (QED) is 0.442. The van der Waals surface area contributed by atoms with E-state index in [2.05, 4.69) is 13.0 Å². The molecule has 0 aromatic carbocycles. The molecule has 2 aliphatic heterocycles. The Morgan fingerprint density at radius 3 is 2.80 bits per heavy atom. The second-order valence-corrected chi connectivity index (χ2v) is 6.33. The average Bonchev–Trinajstić information content (AvgIpc) is 3.07. The van der Waals surface area contributed by atoms with E-state index in [1.165, 1.54) is 5.57 Å². The molecule has 0 aromatic rings. The monoisotopic (exact) mass is 276 g/mol. The molecule has 2 saturated heterocycles. The second kappa shape index (κ2) is 3.34. The van der Waals surface area contributed by atoms with Crippen LogP contribution >= 0.6 is 0 Å². The predicted molar refractivity (Wildman–Crippen MR) is 67.7 cm³/mol. The summed E-state index contributed by atoms with van der Waals surface area (Å²) in [6.07, 6.45) is 3.92. The third-order valence-electron chi connectivity index (χ3n) is 5.68. The molecule has 5 nitrogen and oxygen atoms in total. The van der Waals surface area contributed by atoms with E-state index in [1.807, 2.05) is 13.0 Å². The van der Waals surface area contributed by atoms with Gasteiger partial charge in [0, 0.05) is 16.9 Å². The lowest BCUT2D eigenvalue weighted by molar-refractivity contribution is -0.170. The summed E-state index contributed by atoms with van der Waals surface area (Å²) in [4.78, 5) is 23.7. The number of aliphatic carboxylic acids is 1. The number of carbonyl (C=O) groups is 2. The Morgan fingerprint density at radius 2 is 2.20 bits per heavy atom. The van der Waals surface area contributed by atoms with Gasteiger partial charge in [-0.05, 0) is 18.8 Å². The van der Waals surface area contributed by atoms with Gasteiger partial charge in [-0.1, -0.05) is 24.6 Å². The Morgan fingerprint density at radius 1 is 1.50 bits per heavy atom. The maximum Gasteiger partial charge on any atom is 0.341 e. The van der Waals surface area contributed by atoms with Crippen LogP contribution in [-0.4, -0.2) is 35.9 Å². The molecule has 2 spiro atoms.